The van der Waals surface area contributed by atoms with Gasteiger partial charge in [-0.15, -0.1) is 0 Å². The van der Waals surface area contributed by atoms with E-state index in [1.165, 1.54) is 4.90 Å². The van der Waals surface area contributed by atoms with E-state index in [0.29, 0.717) is 17.8 Å². The summed E-state index contributed by atoms with van der Waals surface area (Å²) in [4.78, 5) is 42.9. The molecule has 1 aliphatic carbocycles. The Labute approximate surface area is 157 Å². The van der Waals surface area contributed by atoms with E-state index in [9.17, 15) is 14.4 Å². The van der Waals surface area contributed by atoms with E-state index in [1.54, 1.807) is 36.7 Å². The number of hydrogen-bond acceptors (Lipinski definition) is 4. The highest BCUT2D eigenvalue weighted by atomic mass is 16.2. The Morgan fingerprint density at radius 3 is 2.15 bits per heavy atom. The van der Waals surface area contributed by atoms with Gasteiger partial charge in [-0.3, -0.25) is 24.3 Å². The minimum atomic E-state index is -0.203. The first-order chi connectivity index (χ1) is 13.1. The molecule has 3 amide bonds. The smallest absolute Gasteiger partial charge is 0.251 e. The fourth-order valence-electron chi connectivity index (χ4n) is 3.96. The summed E-state index contributed by atoms with van der Waals surface area (Å²) in [7, 11) is 0. The molecule has 1 saturated heterocycles. The number of fused-ring (bicyclic) bond motifs is 1. The summed E-state index contributed by atoms with van der Waals surface area (Å²) in [6, 6.07) is 10.3. The Balaban J connectivity index is 1.45. The monoisotopic (exact) mass is 363 g/mol. The van der Waals surface area contributed by atoms with Gasteiger partial charge in [0.05, 0.1) is 17.5 Å². The Morgan fingerprint density at radius 1 is 0.963 bits per heavy atom. The highest BCUT2D eigenvalue weighted by Gasteiger charge is 2.48. The first kappa shape index (κ1) is 17.4. The molecule has 6 heteroatoms. The molecule has 138 valence electrons. The average Bonchev–Trinajstić information content (AvgIpc) is 2.98. The van der Waals surface area contributed by atoms with Crippen molar-refractivity contribution in [3.8, 4) is 0 Å². The van der Waals surface area contributed by atoms with Crippen LogP contribution in [0.3, 0.4) is 0 Å². The highest BCUT2D eigenvalue weighted by Crippen LogP contribution is 2.40. The number of pyridine rings is 1. The number of hydrogen-bond donors (Lipinski definition) is 1. The van der Waals surface area contributed by atoms with Crippen LogP contribution in [0.25, 0.3) is 0 Å². The Bertz CT molecular complexity index is 840. The lowest BCUT2D eigenvalue weighted by molar-refractivity contribution is -0.122. The number of nitrogens with one attached hydrogen (secondary N) is 1. The topological polar surface area (TPSA) is 79.4 Å². The van der Waals surface area contributed by atoms with Crippen molar-refractivity contribution in [1.29, 1.82) is 0 Å². The summed E-state index contributed by atoms with van der Waals surface area (Å²) in [5.41, 5.74) is 2.00. The summed E-state index contributed by atoms with van der Waals surface area (Å²) < 4.78 is 0. The normalized spacial score (nSPS) is 21.9. The third kappa shape index (κ3) is 3.35. The molecule has 2 aliphatic rings. The summed E-state index contributed by atoms with van der Waals surface area (Å²) in [5, 5.41) is 2.85. The second kappa shape index (κ2) is 7.31. The molecule has 4 rings (SSSR count). The van der Waals surface area contributed by atoms with E-state index in [1.807, 2.05) is 12.1 Å². The zero-order valence-electron chi connectivity index (χ0n) is 14.9. The molecule has 2 unspecified atom stereocenters. The number of carbonyl (C=O) groups excluding carboxylic acids is 3. The van der Waals surface area contributed by atoms with Gasteiger partial charge in [0.1, 0.15) is 0 Å². The van der Waals surface area contributed by atoms with Crippen LogP contribution in [0.1, 0.15) is 41.6 Å². The molecule has 0 spiro atoms. The Kier molecular flexibility index (Phi) is 4.71. The number of imide groups is 1. The Hall–Kier alpha value is -3.02. The zero-order chi connectivity index (χ0) is 18.8. The second-order valence-electron chi connectivity index (χ2n) is 7.09. The first-order valence-electron chi connectivity index (χ1n) is 9.30. The third-order valence-electron chi connectivity index (χ3n) is 5.43. The maximum absolute atomic E-state index is 12.6. The molecular formula is C21H21N3O3. The number of anilines is 1. The SMILES string of the molecule is O=C(NCc1ccncc1)c1ccc(N2C(=O)C3CCCCC3C2=O)cc1. The molecule has 1 aromatic heterocycles. The molecule has 2 heterocycles. The van der Waals surface area contributed by atoms with E-state index >= 15 is 0 Å². The summed E-state index contributed by atoms with van der Waals surface area (Å²) in [6.07, 6.45) is 6.95. The van der Waals surface area contributed by atoms with Crippen molar-refractivity contribution in [2.75, 3.05) is 4.90 Å². The van der Waals surface area contributed by atoms with Crippen molar-refractivity contribution in [2.45, 2.75) is 32.2 Å². The van der Waals surface area contributed by atoms with E-state index < -0.39 is 0 Å². The standard InChI is InChI=1S/C21H21N3O3/c25-19(23-13-14-9-11-22-12-10-14)15-5-7-16(8-6-15)24-20(26)17-3-1-2-4-18(17)21(24)27/h5-12,17-18H,1-4,13H2,(H,23,25). The molecule has 0 radical (unpaired) electrons. The molecule has 2 atom stereocenters. The van der Waals surface area contributed by atoms with Gasteiger partial charge in [-0.1, -0.05) is 12.8 Å². The van der Waals surface area contributed by atoms with Gasteiger partial charge >= 0.3 is 0 Å². The Morgan fingerprint density at radius 2 is 1.56 bits per heavy atom. The highest BCUT2D eigenvalue weighted by molar-refractivity contribution is 6.22. The molecule has 2 fully saturated rings. The van der Waals surface area contributed by atoms with Crippen LogP contribution in [-0.4, -0.2) is 22.7 Å². The van der Waals surface area contributed by atoms with Gasteiger partial charge in [-0.05, 0) is 54.8 Å². The lowest BCUT2D eigenvalue weighted by Gasteiger charge is -2.19. The number of nitrogens with zero attached hydrogens (tertiary/aromatic N) is 2. The predicted molar refractivity (Wildman–Crippen MR) is 99.8 cm³/mol. The van der Waals surface area contributed by atoms with Crippen LogP contribution in [0.15, 0.2) is 48.8 Å². The lowest BCUT2D eigenvalue weighted by atomic mass is 9.81. The van der Waals surface area contributed by atoms with Gasteiger partial charge in [-0.25, -0.2) is 0 Å². The quantitative estimate of drug-likeness (QED) is 0.847. The average molecular weight is 363 g/mol. The molecule has 6 nitrogen and oxygen atoms in total. The minimum Gasteiger partial charge on any atom is -0.348 e. The van der Waals surface area contributed by atoms with Gasteiger partial charge in [0.15, 0.2) is 0 Å². The van der Waals surface area contributed by atoms with Crippen LogP contribution in [-0.2, 0) is 16.1 Å². The van der Waals surface area contributed by atoms with E-state index in [0.717, 1.165) is 31.2 Å². The third-order valence-corrected chi connectivity index (χ3v) is 5.43. The largest absolute Gasteiger partial charge is 0.348 e. The molecular weight excluding hydrogens is 342 g/mol. The van der Waals surface area contributed by atoms with Gasteiger partial charge < -0.3 is 5.32 Å². The number of aromatic nitrogens is 1. The van der Waals surface area contributed by atoms with E-state index in [4.69, 9.17) is 0 Å². The number of carbonyl (C=O) groups is 3. The van der Waals surface area contributed by atoms with Crippen molar-refractivity contribution >= 4 is 23.4 Å². The van der Waals surface area contributed by atoms with Crippen LogP contribution in [0.4, 0.5) is 5.69 Å². The number of rotatable bonds is 4. The predicted octanol–water partition coefficient (Wildman–Crippen LogP) is 2.69. The number of amides is 3. The number of benzene rings is 1. The van der Waals surface area contributed by atoms with Crippen LogP contribution in [0.5, 0.6) is 0 Å². The minimum absolute atomic E-state index is 0.0976. The fourth-order valence-corrected chi connectivity index (χ4v) is 3.96. The van der Waals surface area contributed by atoms with Crippen molar-refractivity contribution in [1.82, 2.24) is 10.3 Å². The van der Waals surface area contributed by atoms with Crippen LogP contribution >= 0.6 is 0 Å². The summed E-state index contributed by atoms with van der Waals surface area (Å²) in [6.45, 7) is 0.412. The second-order valence-corrected chi connectivity index (χ2v) is 7.09. The zero-order valence-corrected chi connectivity index (χ0v) is 14.9. The maximum atomic E-state index is 12.6. The molecule has 1 saturated carbocycles. The van der Waals surface area contributed by atoms with Crippen molar-refractivity contribution in [3.05, 3.63) is 59.9 Å². The molecule has 0 bridgehead atoms. The fraction of sp³-hybridized carbons (Fsp3) is 0.333. The van der Waals surface area contributed by atoms with E-state index in [2.05, 4.69) is 10.3 Å². The maximum Gasteiger partial charge on any atom is 0.251 e. The van der Waals surface area contributed by atoms with Gasteiger partial charge in [-0.2, -0.15) is 0 Å². The van der Waals surface area contributed by atoms with Crippen molar-refractivity contribution < 1.29 is 14.4 Å². The molecule has 1 N–H and O–H groups in total. The summed E-state index contributed by atoms with van der Waals surface area (Å²) in [5.74, 6) is -0.741. The van der Waals surface area contributed by atoms with E-state index in [-0.39, 0.29) is 29.6 Å². The van der Waals surface area contributed by atoms with Crippen molar-refractivity contribution in [2.24, 2.45) is 11.8 Å². The summed E-state index contributed by atoms with van der Waals surface area (Å²) >= 11 is 0. The molecule has 27 heavy (non-hydrogen) atoms. The molecule has 2 aromatic rings. The molecule has 1 aromatic carbocycles. The van der Waals surface area contributed by atoms with Gasteiger partial charge in [0.2, 0.25) is 11.8 Å². The first-order valence-corrected chi connectivity index (χ1v) is 9.30. The van der Waals surface area contributed by atoms with Crippen molar-refractivity contribution in [3.63, 3.8) is 0 Å². The molecule has 1 aliphatic heterocycles. The van der Waals surface area contributed by atoms with Crippen LogP contribution in [0.2, 0.25) is 0 Å². The van der Waals surface area contributed by atoms with Gasteiger partial charge in [0, 0.05) is 24.5 Å². The van der Waals surface area contributed by atoms with Gasteiger partial charge in [0.25, 0.3) is 5.91 Å². The lowest BCUT2D eigenvalue weighted by Crippen LogP contribution is -2.31. The van der Waals surface area contributed by atoms with Crippen LogP contribution < -0.4 is 10.2 Å². The van der Waals surface area contributed by atoms with Crippen LogP contribution in [0, 0.1) is 11.8 Å².